The molecule has 0 bridgehead atoms. The van der Waals surface area contributed by atoms with E-state index in [1.807, 2.05) is 41.5 Å². The largest absolute Gasteiger partial charge is 0.506 e. The standard InChI is InChI=1S/C22H28N2O3/c1-21(2,3)19(26)14-8-7-9-15(12-14)20(27)23-17-13-16(10-11-18(17)25)24-22(4,5)6/h7-13,24-25H,1-6H3,(H,23,27). The highest BCUT2D eigenvalue weighted by Gasteiger charge is 2.23. The van der Waals surface area contributed by atoms with Crippen LogP contribution < -0.4 is 10.6 Å². The fraction of sp³-hybridized carbons (Fsp3) is 0.364. The Morgan fingerprint density at radius 3 is 2.11 bits per heavy atom. The predicted molar refractivity (Wildman–Crippen MR) is 110 cm³/mol. The number of Topliss-reactive ketones (excluding diaryl/α,β-unsaturated/α-hetero) is 1. The van der Waals surface area contributed by atoms with Crippen molar-refractivity contribution < 1.29 is 14.7 Å². The number of ketones is 1. The third-order valence-corrected chi connectivity index (χ3v) is 3.83. The highest BCUT2D eigenvalue weighted by atomic mass is 16.3. The van der Waals surface area contributed by atoms with Gasteiger partial charge in [0.15, 0.2) is 5.78 Å². The first-order valence-electron chi connectivity index (χ1n) is 8.94. The van der Waals surface area contributed by atoms with Crippen molar-refractivity contribution in [3.05, 3.63) is 53.6 Å². The Morgan fingerprint density at radius 1 is 0.889 bits per heavy atom. The first-order valence-corrected chi connectivity index (χ1v) is 8.94. The van der Waals surface area contributed by atoms with Crippen molar-refractivity contribution in [2.24, 2.45) is 5.41 Å². The Morgan fingerprint density at radius 2 is 1.52 bits per heavy atom. The summed E-state index contributed by atoms with van der Waals surface area (Å²) in [5.41, 5.74) is 1.26. The van der Waals surface area contributed by atoms with Crippen LogP contribution in [0.4, 0.5) is 11.4 Å². The summed E-state index contributed by atoms with van der Waals surface area (Å²) in [5.74, 6) is -0.442. The molecule has 0 aliphatic carbocycles. The summed E-state index contributed by atoms with van der Waals surface area (Å²) in [7, 11) is 0. The van der Waals surface area contributed by atoms with E-state index in [1.165, 1.54) is 6.07 Å². The number of hydrogen-bond donors (Lipinski definition) is 3. The van der Waals surface area contributed by atoms with Gasteiger partial charge in [0.05, 0.1) is 5.69 Å². The molecule has 0 spiro atoms. The van der Waals surface area contributed by atoms with E-state index < -0.39 is 5.41 Å². The SMILES string of the molecule is CC(C)(C)Nc1ccc(O)c(NC(=O)c2cccc(C(=O)C(C)(C)C)c2)c1. The van der Waals surface area contributed by atoms with Crippen molar-refractivity contribution in [1.29, 1.82) is 0 Å². The number of aromatic hydroxyl groups is 1. The second-order valence-corrected chi connectivity index (χ2v) is 8.72. The minimum absolute atomic E-state index is 0.0234. The van der Waals surface area contributed by atoms with Gasteiger partial charge >= 0.3 is 0 Å². The van der Waals surface area contributed by atoms with Crippen molar-refractivity contribution in [1.82, 2.24) is 0 Å². The van der Waals surface area contributed by atoms with Crippen molar-refractivity contribution in [2.45, 2.75) is 47.1 Å². The van der Waals surface area contributed by atoms with E-state index in [-0.39, 0.29) is 23.0 Å². The third kappa shape index (κ3) is 5.58. The Bertz CT molecular complexity index is 859. The number of hydrogen-bond acceptors (Lipinski definition) is 4. The number of benzene rings is 2. The lowest BCUT2D eigenvalue weighted by molar-refractivity contribution is 0.0858. The molecule has 27 heavy (non-hydrogen) atoms. The average molecular weight is 368 g/mol. The molecule has 2 aromatic carbocycles. The number of phenolic OH excluding ortho intramolecular Hbond substituents is 1. The summed E-state index contributed by atoms with van der Waals surface area (Å²) in [6.07, 6.45) is 0. The minimum Gasteiger partial charge on any atom is -0.506 e. The third-order valence-electron chi connectivity index (χ3n) is 3.83. The maximum absolute atomic E-state index is 12.6. The van der Waals surface area contributed by atoms with Crippen LogP contribution in [0.1, 0.15) is 62.3 Å². The van der Waals surface area contributed by atoms with E-state index in [9.17, 15) is 14.7 Å². The van der Waals surface area contributed by atoms with Gasteiger partial charge in [-0.1, -0.05) is 32.9 Å². The summed E-state index contributed by atoms with van der Waals surface area (Å²) >= 11 is 0. The minimum atomic E-state index is -0.527. The lowest BCUT2D eigenvalue weighted by atomic mass is 9.86. The molecule has 0 saturated heterocycles. The molecule has 0 atom stereocenters. The number of rotatable bonds is 4. The monoisotopic (exact) mass is 368 g/mol. The molecule has 0 unspecified atom stereocenters. The van der Waals surface area contributed by atoms with Crippen LogP contribution in [0.25, 0.3) is 0 Å². The number of carbonyl (C=O) groups is 2. The number of amides is 1. The summed E-state index contributed by atoms with van der Waals surface area (Å²) in [4.78, 5) is 25.1. The average Bonchev–Trinajstić information content (AvgIpc) is 2.55. The maximum atomic E-state index is 12.6. The first-order chi connectivity index (χ1) is 12.4. The second-order valence-electron chi connectivity index (χ2n) is 8.72. The van der Waals surface area contributed by atoms with E-state index in [4.69, 9.17) is 0 Å². The number of phenols is 1. The van der Waals surface area contributed by atoms with Gasteiger partial charge in [0.2, 0.25) is 0 Å². The highest BCUT2D eigenvalue weighted by Crippen LogP contribution is 2.29. The topological polar surface area (TPSA) is 78.4 Å². The van der Waals surface area contributed by atoms with Crippen LogP contribution in [0.2, 0.25) is 0 Å². The fourth-order valence-electron chi connectivity index (χ4n) is 2.58. The van der Waals surface area contributed by atoms with Crippen molar-refractivity contribution >= 4 is 23.1 Å². The number of carbonyl (C=O) groups excluding carboxylic acids is 2. The van der Waals surface area contributed by atoms with Gasteiger partial charge in [-0.2, -0.15) is 0 Å². The van der Waals surface area contributed by atoms with Crippen LogP contribution in [0.15, 0.2) is 42.5 Å². The molecule has 0 aliphatic rings. The molecule has 5 heteroatoms. The summed E-state index contributed by atoms with van der Waals surface area (Å²) in [6, 6.07) is 11.6. The molecule has 0 aliphatic heterocycles. The maximum Gasteiger partial charge on any atom is 0.255 e. The smallest absolute Gasteiger partial charge is 0.255 e. The zero-order valence-corrected chi connectivity index (χ0v) is 16.8. The van der Waals surface area contributed by atoms with E-state index >= 15 is 0 Å². The second kappa shape index (κ2) is 7.43. The molecular weight excluding hydrogens is 340 g/mol. The molecule has 0 fully saturated rings. The first kappa shape index (κ1) is 20.5. The van der Waals surface area contributed by atoms with Crippen molar-refractivity contribution in [2.75, 3.05) is 10.6 Å². The van der Waals surface area contributed by atoms with Gasteiger partial charge in [0, 0.05) is 27.8 Å². The van der Waals surface area contributed by atoms with Gasteiger partial charge in [0.25, 0.3) is 5.91 Å². The summed E-state index contributed by atoms with van der Waals surface area (Å²) in [5, 5.41) is 16.1. The molecular formula is C22H28N2O3. The molecule has 0 aromatic heterocycles. The van der Waals surface area contributed by atoms with Crippen LogP contribution >= 0.6 is 0 Å². The number of anilines is 2. The normalized spacial score (nSPS) is 11.8. The van der Waals surface area contributed by atoms with Crippen LogP contribution in [0.3, 0.4) is 0 Å². The van der Waals surface area contributed by atoms with E-state index in [0.717, 1.165) is 5.69 Å². The van der Waals surface area contributed by atoms with Crippen LogP contribution in [-0.4, -0.2) is 22.3 Å². The molecule has 2 aromatic rings. The Labute approximate surface area is 160 Å². The summed E-state index contributed by atoms with van der Waals surface area (Å²) < 4.78 is 0. The molecule has 0 saturated carbocycles. The fourth-order valence-corrected chi connectivity index (χ4v) is 2.58. The Balaban J connectivity index is 2.25. The molecule has 5 nitrogen and oxygen atoms in total. The van der Waals surface area contributed by atoms with Gasteiger partial charge < -0.3 is 15.7 Å². The molecule has 144 valence electrons. The van der Waals surface area contributed by atoms with Crippen molar-refractivity contribution in [3.8, 4) is 5.75 Å². The summed E-state index contributed by atoms with van der Waals surface area (Å²) in [6.45, 7) is 11.6. The quantitative estimate of drug-likeness (QED) is 0.399. The molecule has 0 radical (unpaired) electrons. The van der Waals surface area contributed by atoms with Gasteiger partial charge in [-0.3, -0.25) is 9.59 Å². The van der Waals surface area contributed by atoms with Crippen LogP contribution in [-0.2, 0) is 0 Å². The predicted octanol–water partition coefficient (Wildman–Crippen LogP) is 5.08. The highest BCUT2D eigenvalue weighted by molar-refractivity contribution is 6.07. The van der Waals surface area contributed by atoms with Crippen molar-refractivity contribution in [3.63, 3.8) is 0 Å². The molecule has 0 heterocycles. The molecule has 3 N–H and O–H groups in total. The zero-order chi connectivity index (χ0) is 20.4. The van der Waals surface area contributed by atoms with Gasteiger partial charge in [-0.25, -0.2) is 0 Å². The van der Waals surface area contributed by atoms with Crippen LogP contribution in [0.5, 0.6) is 5.75 Å². The van der Waals surface area contributed by atoms with E-state index in [0.29, 0.717) is 16.8 Å². The molecule has 1 amide bonds. The Kier molecular flexibility index (Phi) is 5.64. The number of nitrogens with one attached hydrogen (secondary N) is 2. The lowest BCUT2D eigenvalue weighted by Crippen LogP contribution is -2.26. The van der Waals surface area contributed by atoms with E-state index in [2.05, 4.69) is 10.6 Å². The zero-order valence-electron chi connectivity index (χ0n) is 16.8. The van der Waals surface area contributed by atoms with Gasteiger partial charge in [0.1, 0.15) is 5.75 Å². The lowest BCUT2D eigenvalue weighted by Gasteiger charge is -2.22. The molecule has 2 rings (SSSR count). The van der Waals surface area contributed by atoms with E-state index in [1.54, 1.807) is 36.4 Å². The van der Waals surface area contributed by atoms with Crippen LogP contribution in [0, 0.1) is 5.41 Å². The van der Waals surface area contributed by atoms with Gasteiger partial charge in [-0.15, -0.1) is 0 Å². The van der Waals surface area contributed by atoms with Gasteiger partial charge in [-0.05, 0) is 51.1 Å². The Hall–Kier alpha value is -2.82.